The van der Waals surface area contributed by atoms with Crippen LogP contribution >= 0.6 is 23.1 Å². The maximum absolute atomic E-state index is 11.9. The molecule has 0 bridgehead atoms. The molecule has 5 nitrogen and oxygen atoms in total. The van der Waals surface area contributed by atoms with Gasteiger partial charge < -0.3 is 14.4 Å². The number of thioether (sulfide) groups is 1. The summed E-state index contributed by atoms with van der Waals surface area (Å²) < 4.78 is 5.08. The molecule has 2 rings (SSSR count). The SMILES string of the molecule is CN(Cc1cccs1)C(=O)CSc1ccc(C(=O)O)o1. The number of carbonyl (C=O) groups excluding carboxylic acids is 1. The van der Waals surface area contributed by atoms with Crippen LogP contribution in [0, 0.1) is 0 Å². The Balaban J connectivity index is 1.83. The topological polar surface area (TPSA) is 70.8 Å². The Labute approximate surface area is 124 Å². The molecule has 2 heterocycles. The third-order valence-electron chi connectivity index (χ3n) is 2.53. The molecule has 0 radical (unpaired) electrons. The van der Waals surface area contributed by atoms with Crippen LogP contribution in [0.3, 0.4) is 0 Å². The van der Waals surface area contributed by atoms with E-state index in [4.69, 9.17) is 9.52 Å². The van der Waals surface area contributed by atoms with Crippen LogP contribution in [0.25, 0.3) is 0 Å². The Hall–Kier alpha value is -1.73. The van der Waals surface area contributed by atoms with Crippen molar-refractivity contribution >= 4 is 35.0 Å². The van der Waals surface area contributed by atoms with E-state index >= 15 is 0 Å². The van der Waals surface area contributed by atoms with Gasteiger partial charge in [-0.1, -0.05) is 17.8 Å². The van der Waals surface area contributed by atoms with Crippen LogP contribution in [0.1, 0.15) is 15.4 Å². The van der Waals surface area contributed by atoms with Gasteiger partial charge in [0, 0.05) is 11.9 Å². The summed E-state index contributed by atoms with van der Waals surface area (Å²) in [6.07, 6.45) is 0. The molecule has 0 saturated heterocycles. The van der Waals surface area contributed by atoms with Crippen molar-refractivity contribution in [1.82, 2.24) is 4.90 Å². The molecule has 7 heteroatoms. The average Bonchev–Trinajstić information content (AvgIpc) is 3.06. The molecule has 20 heavy (non-hydrogen) atoms. The molecular weight excluding hydrogens is 298 g/mol. The molecule has 0 aliphatic carbocycles. The van der Waals surface area contributed by atoms with Crippen LogP contribution < -0.4 is 0 Å². The van der Waals surface area contributed by atoms with Crippen molar-refractivity contribution in [3.63, 3.8) is 0 Å². The van der Waals surface area contributed by atoms with Gasteiger partial charge in [0.25, 0.3) is 0 Å². The lowest BCUT2D eigenvalue weighted by Crippen LogP contribution is -2.27. The highest BCUT2D eigenvalue weighted by molar-refractivity contribution is 7.99. The van der Waals surface area contributed by atoms with E-state index in [1.54, 1.807) is 29.4 Å². The van der Waals surface area contributed by atoms with Crippen molar-refractivity contribution < 1.29 is 19.1 Å². The summed E-state index contributed by atoms with van der Waals surface area (Å²) >= 11 is 2.80. The van der Waals surface area contributed by atoms with Crippen molar-refractivity contribution in [3.05, 3.63) is 40.3 Å². The molecule has 0 unspecified atom stereocenters. The predicted octanol–water partition coefficient (Wildman–Crippen LogP) is 2.79. The molecule has 0 fully saturated rings. The Kier molecular flexibility index (Phi) is 4.86. The number of carboxylic acid groups (broad SMARTS) is 1. The first-order valence-corrected chi connectivity index (χ1v) is 7.65. The van der Waals surface area contributed by atoms with Gasteiger partial charge in [0.2, 0.25) is 11.7 Å². The summed E-state index contributed by atoms with van der Waals surface area (Å²) in [7, 11) is 1.74. The first-order valence-electron chi connectivity index (χ1n) is 5.78. The fraction of sp³-hybridized carbons (Fsp3) is 0.231. The highest BCUT2D eigenvalue weighted by Gasteiger charge is 2.13. The Morgan fingerprint density at radius 2 is 2.20 bits per heavy atom. The fourth-order valence-corrected chi connectivity index (χ4v) is 3.04. The number of hydrogen-bond donors (Lipinski definition) is 1. The lowest BCUT2D eigenvalue weighted by atomic mass is 10.4. The quantitative estimate of drug-likeness (QED) is 0.831. The summed E-state index contributed by atoms with van der Waals surface area (Å²) in [4.78, 5) is 25.4. The first kappa shape index (κ1) is 14.7. The summed E-state index contributed by atoms with van der Waals surface area (Å²) in [6, 6.07) is 6.86. The summed E-state index contributed by atoms with van der Waals surface area (Å²) in [5.41, 5.74) is 0. The number of carbonyl (C=O) groups is 2. The minimum Gasteiger partial charge on any atom is -0.475 e. The smallest absolute Gasteiger partial charge is 0.371 e. The third kappa shape index (κ3) is 3.88. The molecule has 0 spiro atoms. The predicted molar refractivity (Wildman–Crippen MR) is 77.2 cm³/mol. The van der Waals surface area contributed by atoms with E-state index in [1.807, 2.05) is 17.5 Å². The lowest BCUT2D eigenvalue weighted by molar-refractivity contribution is -0.127. The fourth-order valence-electron chi connectivity index (χ4n) is 1.48. The maximum atomic E-state index is 11.9. The number of furan rings is 1. The molecule has 0 aliphatic rings. The van der Waals surface area contributed by atoms with E-state index < -0.39 is 5.97 Å². The van der Waals surface area contributed by atoms with Crippen LogP contribution in [0.2, 0.25) is 0 Å². The van der Waals surface area contributed by atoms with Gasteiger partial charge in [0.1, 0.15) is 0 Å². The van der Waals surface area contributed by atoms with Gasteiger partial charge in [0.05, 0.1) is 12.3 Å². The molecule has 1 amide bonds. The van der Waals surface area contributed by atoms with Crippen LogP contribution in [0.5, 0.6) is 0 Å². The second-order valence-electron chi connectivity index (χ2n) is 4.04. The van der Waals surface area contributed by atoms with Crippen LogP contribution in [0.4, 0.5) is 0 Å². The van der Waals surface area contributed by atoms with E-state index in [2.05, 4.69) is 0 Å². The Bertz CT molecular complexity index is 591. The van der Waals surface area contributed by atoms with E-state index in [0.29, 0.717) is 11.6 Å². The van der Waals surface area contributed by atoms with Crippen molar-refractivity contribution in [2.45, 2.75) is 11.6 Å². The summed E-state index contributed by atoms with van der Waals surface area (Å²) in [5.74, 6) is -1.05. The number of amides is 1. The summed E-state index contributed by atoms with van der Waals surface area (Å²) in [5, 5.41) is 11.1. The van der Waals surface area contributed by atoms with Gasteiger partial charge in [0.15, 0.2) is 5.09 Å². The second-order valence-corrected chi connectivity index (χ2v) is 6.05. The molecule has 2 aromatic heterocycles. The largest absolute Gasteiger partial charge is 0.475 e. The van der Waals surface area contributed by atoms with Gasteiger partial charge in [-0.15, -0.1) is 11.3 Å². The monoisotopic (exact) mass is 311 g/mol. The third-order valence-corrected chi connectivity index (χ3v) is 4.29. The number of rotatable bonds is 6. The molecular formula is C13H13NO4S2. The van der Waals surface area contributed by atoms with Crippen molar-refractivity contribution in [1.29, 1.82) is 0 Å². The van der Waals surface area contributed by atoms with E-state index in [0.717, 1.165) is 4.88 Å². The molecule has 0 aliphatic heterocycles. The molecule has 0 aromatic carbocycles. The first-order chi connectivity index (χ1) is 9.56. The zero-order valence-electron chi connectivity index (χ0n) is 10.7. The highest BCUT2D eigenvalue weighted by Crippen LogP contribution is 2.21. The standard InChI is InChI=1S/C13H13NO4S2/c1-14(7-9-3-2-6-19-9)11(15)8-20-12-5-4-10(18-12)13(16)17/h2-6H,7-8H2,1H3,(H,16,17). The molecule has 106 valence electrons. The van der Waals surface area contributed by atoms with E-state index in [-0.39, 0.29) is 17.4 Å². The minimum atomic E-state index is -1.11. The number of nitrogens with zero attached hydrogens (tertiary/aromatic N) is 1. The van der Waals surface area contributed by atoms with E-state index in [9.17, 15) is 9.59 Å². The van der Waals surface area contributed by atoms with E-state index in [1.165, 1.54) is 17.8 Å². The molecule has 0 saturated carbocycles. The average molecular weight is 311 g/mol. The molecule has 2 aromatic rings. The number of carboxylic acids is 1. The van der Waals surface area contributed by atoms with Gasteiger partial charge in [-0.05, 0) is 23.6 Å². The molecule has 1 N–H and O–H groups in total. The Morgan fingerprint density at radius 1 is 1.40 bits per heavy atom. The minimum absolute atomic E-state index is 0.0309. The lowest BCUT2D eigenvalue weighted by Gasteiger charge is -2.15. The zero-order valence-corrected chi connectivity index (χ0v) is 12.4. The Morgan fingerprint density at radius 3 is 2.80 bits per heavy atom. The van der Waals surface area contributed by atoms with Crippen molar-refractivity contribution in [2.75, 3.05) is 12.8 Å². The van der Waals surface area contributed by atoms with Crippen LogP contribution in [0.15, 0.2) is 39.2 Å². The van der Waals surface area contributed by atoms with Gasteiger partial charge in [-0.25, -0.2) is 4.79 Å². The second kappa shape index (κ2) is 6.62. The zero-order chi connectivity index (χ0) is 14.5. The van der Waals surface area contributed by atoms with Gasteiger partial charge in [-0.3, -0.25) is 4.79 Å². The summed E-state index contributed by atoms with van der Waals surface area (Å²) in [6.45, 7) is 0.579. The number of thiophene rings is 1. The van der Waals surface area contributed by atoms with Crippen LogP contribution in [-0.2, 0) is 11.3 Å². The highest BCUT2D eigenvalue weighted by atomic mass is 32.2. The van der Waals surface area contributed by atoms with Crippen molar-refractivity contribution in [2.24, 2.45) is 0 Å². The number of aromatic carboxylic acids is 1. The van der Waals surface area contributed by atoms with Crippen molar-refractivity contribution in [3.8, 4) is 0 Å². The van der Waals surface area contributed by atoms with Gasteiger partial charge >= 0.3 is 5.97 Å². The normalized spacial score (nSPS) is 10.4. The molecule has 0 atom stereocenters. The van der Waals surface area contributed by atoms with Crippen LogP contribution in [-0.4, -0.2) is 34.7 Å². The van der Waals surface area contributed by atoms with Gasteiger partial charge in [-0.2, -0.15) is 0 Å². The number of hydrogen-bond acceptors (Lipinski definition) is 5. The maximum Gasteiger partial charge on any atom is 0.371 e.